The molecule has 1 aromatic rings. The van der Waals surface area contributed by atoms with Crippen LogP contribution in [0.25, 0.3) is 0 Å². The molecule has 1 aromatic carbocycles. The topological polar surface area (TPSA) is 38.7 Å². The van der Waals surface area contributed by atoms with Gasteiger partial charge in [0.1, 0.15) is 6.10 Å². The molecule has 1 saturated carbocycles. The van der Waals surface area contributed by atoms with E-state index < -0.39 is 5.79 Å². The summed E-state index contributed by atoms with van der Waals surface area (Å²) in [6.07, 6.45) is 4.48. The van der Waals surface area contributed by atoms with Crippen LogP contribution < -0.4 is 0 Å². The summed E-state index contributed by atoms with van der Waals surface area (Å²) in [5.74, 6) is -0.445. The summed E-state index contributed by atoms with van der Waals surface area (Å²) in [6.45, 7) is -0.00311. The number of aliphatic hydroxyl groups excluding tert-OH is 1. The first-order chi connectivity index (χ1) is 9.22. The van der Waals surface area contributed by atoms with Crippen LogP contribution in [0.1, 0.15) is 31.2 Å². The molecule has 4 heteroatoms. The summed E-state index contributed by atoms with van der Waals surface area (Å²) < 4.78 is 12.1. The van der Waals surface area contributed by atoms with E-state index in [1.54, 1.807) is 0 Å². The molecule has 0 amide bonds. The quantitative estimate of drug-likeness (QED) is 0.926. The molecule has 104 valence electrons. The summed E-state index contributed by atoms with van der Waals surface area (Å²) >= 11 is 6.19. The van der Waals surface area contributed by atoms with E-state index in [0.717, 1.165) is 36.3 Å². The third-order valence-electron chi connectivity index (χ3n) is 4.07. The fraction of sp³-hybridized carbons (Fsp3) is 0.600. The van der Waals surface area contributed by atoms with Gasteiger partial charge in [0.15, 0.2) is 5.79 Å². The number of benzene rings is 1. The first kappa shape index (κ1) is 13.4. The Balaban J connectivity index is 1.75. The van der Waals surface area contributed by atoms with Gasteiger partial charge in [-0.15, -0.1) is 0 Å². The zero-order chi connectivity index (χ0) is 13.3. The average Bonchev–Trinajstić information content (AvgIpc) is 3.00. The zero-order valence-corrected chi connectivity index (χ0v) is 11.6. The summed E-state index contributed by atoms with van der Waals surface area (Å²) in [6, 6.07) is 7.77. The third-order valence-corrected chi connectivity index (χ3v) is 4.44. The van der Waals surface area contributed by atoms with E-state index in [4.69, 9.17) is 21.1 Å². The molecule has 3 rings (SSSR count). The van der Waals surface area contributed by atoms with Crippen LogP contribution in [0.3, 0.4) is 0 Å². The highest BCUT2D eigenvalue weighted by Crippen LogP contribution is 2.42. The van der Waals surface area contributed by atoms with Gasteiger partial charge in [-0.1, -0.05) is 29.8 Å². The Morgan fingerprint density at radius 1 is 1.16 bits per heavy atom. The van der Waals surface area contributed by atoms with Crippen molar-refractivity contribution in [3.05, 3.63) is 34.9 Å². The van der Waals surface area contributed by atoms with Crippen LogP contribution >= 0.6 is 11.6 Å². The zero-order valence-electron chi connectivity index (χ0n) is 10.8. The SMILES string of the molecule is OC[C@H]1OC2(CCCC2)O[C@@H]1Cc1ccccc1Cl. The second-order valence-electron chi connectivity index (χ2n) is 5.41. The Morgan fingerprint density at radius 3 is 2.53 bits per heavy atom. The Hall–Kier alpha value is -0.610. The van der Waals surface area contributed by atoms with Crippen molar-refractivity contribution in [1.29, 1.82) is 0 Å². The molecule has 0 radical (unpaired) electrons. The van der Waals surface area contributed by atoms with Gasteiger partial charge >= 0.3 is 0 Å². The number of rotatable bonds is 3. The van der Waals surface area contributed by atoms with Gasteiger partial charge in [0.2, 0.25) is 0 Å². The maximum Gasteiger partial charge on any atom is 0.169 e. The van der Waals surface area contributed by atoms with Crippen molar-refractivity contribution in [2.24, 2.45) is 0 Å². The van der Waals surface area contributed by atoms with Crippen LogP contribution in [0.15, 0.2) is 24.3 Å². The molecular formula is C15H19ClO3. The number of ether oxygens (including phenoxy) is 2. The molecule has 0 aromatic heterocycles. The Bertz CT molecular complexity index is 443. The smallest absolute Gasteiger partial charge is 0.169 e. The summed E-state index contributed by atoms with van der Waals surface area (Å²) in [5.41, 5.74) is 1.05. The minimum absolute atomic E-state index is 0.00311. The molecule has 19 heavy (non-hydrogen) atoms. The maximum absolute atomic E-state index is 9.49. The normalized spacial score (nSPS) is 29.2. The summed E-state index contributed by atoms with van der Waals surface area (Å²) in [4.78, 5) is 0. The lowest BCUT2D eigenvalue weighted by Gasteiger charge is -2.22. The van der Waals surface area contributed by atoms with Gasteiger partial charge in [-0.05, 0) is 24.5 Å². The van der Waals surface area contributed by atoms with Gasteiger partial charge in [-0.3, -0.25) is 0 Å². The predicted molar refractivity (Wildman–Crippen MR) is 73.2 cm³/mol. The van der Waals surface area contributed by atoms with Gasteiger partial charge in [0.25, 0.3) is 0 Å². The van der Waals surface area contributed by atoms with Crippen LogP contribution in [0.5, 0.6) is 0 Å². The van der Waals surface area contributed by atoms with E-state index in [2.05, 4.69) is 0 Å². The summed E-state index contributed by atoms with van der Waals surface area (Å²) in [7, 11) is 0. The van der Waals surface area contributed by atoms with E-state index in [0.29, 0.717) is 6.42 Å². The standard InChI is InChI=1S/C15H19ClO3/c16-12-6-2-1-5-11(12)9-13-14(10-17)19-15(18-13)7-3-4-8-15/h1-2,5-6,13-14,17H,3-4,7-10H2/t13-,14-/m1/s1. The van der Waals surface area contributed by atoms with Gasteiger partial charge in [-0.25, -0.2) is 0 Å². The molecule has 2 fully saturated rings. The first-order valence-corrected chi connectivity index (χ1v) is 7.30. The Labute approximate surface area is 118 Å². The van der Waals surface area contributed by atoms with Crippen LogP contribution in [0, 0.1) is 0 Å². The Kier molecular flexibility index (Phi) is 3.81. The van der Waals surface area contributed by atoms with Gasteiger partial charge < -0.3 is 14.6 Å². The number of hydrogen-bond donors (Lipinski definition) is 1. The highest BCUT2D eigenvalue weighted by atomic mass is 35.5. The molecule has 1 spiro atoms. The molecule has 0 unspecified atom stereocenters. The lowest BCUT2D eigenvalue weighted by atomic mass is 10.0. The minimum Gasteiger partial charge on any atom is -0.394 e. The minimum atomic E-state index is -0.445. The van der Waals surface area contributed by atoms with Crippen LogP contribution in [0.4, 0.5) is 0 Å². The molecule has 2 aliphatic rings. The Morgan fingerprint density at radius 2 is 1.84 bits per heavy atom. The van der Waals surface area contributed by atoms with Crippen molar-refractivity contribution in [3.63, 3.8) is 0 Å². The van der Waals surface area contributed by atoms with Gasteiger partial charge in [0.05, 0.1) is 12.7 Å². The highest BCUT2D eigenvalue weighted by molar-refractivity contribution is 6.31. The van der Waals surface area contributed by atoms with E-state index in [1.807, 2.05) is 24.3 Å². The lowest BCUT2D eigenvalue weighted by Crippen LogP contribution is -2.28. The van der Waals surface area contributed by atoms with Crippen molar-refractivity contribution in [1.82, 2.24) is 0 Å². The molecule has 2 atom stereocenters. The number of hydrogen-bond acceptors (Lipinski definition) is 3. The molecule has 0 bridgehead atoms. The summed E-state index contributed by atoms with van der Waals surface area (Å²) in [5, 5.41) is 10.2. The fourth-order valence-corrected chi connectivity index (χ4v) is 3.30. The first-order valence-electron chi connectivity index (χ1n) is 6.92. The largest absolute Gasteiger partial charge is 0.394 e. The third kappa shape index (κ3) is 2.65. The van der Waals surface area contributed by atoms with Crippen molar-refractivity contribution in [2.75, 3.05) is 6.61 Å². The number of aliphatic hydroxyl groups is 1. The van der Waals surface area contributed by atoms with Gasteiger partial charge in [0, 0.05) is 24.3 Å². The van der Waals surface area contributed by atoms with E-state index in [9.17, 15) is 5.11 Å². The monoisotopic (exact) mass is 282 g/mol. The molecule has 1 heterocycles. The average molecular weight is 283 g/mol. The maximum atomic E-state index is 9.49. The van der Waals surface area contributed by atoms with Crippen molar-refractivity contribution in [2.45, 2.75) is 50.1 Å². The van der Waals surface area contributed by atoms with E-state index >= 15 is 0 Å². The van der Waals surface area contributed by atoms with Gasteiger partial charge in [-0.2, -0.15) is 0 Å². The van der Waals surface area contributed by atoms with E-state index in [-0.39, 0.29) is 18.8 Å². The van der Waals surface area contributed by atoms with Crippen LogP contribution in [0.2, 0.25) is 5.02 Å². The molecule has 1 N–H and O–H groups in total. The van der Waals surface area contributed by atoms with Crippen molar-refractivity contribution < 1.29 is 14.6 Å². The molecular weight excluding hydrogens is 264 g/mol. The van der Waals surface area contributed by atoms with Crippen LogP contribution in [-0.4, -0.2) is 29.7 Å². The molecule has 1 aliphatic heterocycles. The second kappa shape index (κ2) is 5.41. The van der Waals surface area contributed by atoms with Crippen molar-refractivity contribution >= 4 is 11.6 Å². The molecule has 1 aliphatic carbocycles. The predicted octanol–water partition coefficient (Wildman–Crippen LogP) is 2.93. The lowest BCUT2D eigenvalue weighted by molar-refractivity contribution is -0.171. The highest BCUT2D eigenvalue weighted by Gasteiger charge is 2.48. The van der Waals surface area contributed by atoms with E-state index in [1.165, 1.54) is 0 Å². The fourth-order valence-electron chi connectivity index (χ4n) is 3.09. The second-order valence-corrected chi connectivity index (χ2v) is 5.82. The molecule has 1 saturated heterocycles. The van der Waals surface area contributed by atoms with Crippen molar-refractivity contribution in [3.8, 4) is 0 Å². The number of halogens is 1. The van der Waals surface area contributed by atoms with Crippen LogP contribution in [-0.2, 0) is 15.9 Å². The molecule has 3 nitrogen and oxygen atoms in total.